The Morgan fingerprint density at radius 1 is 1.30 bits per heavy atom. The van der Waals surface area contributed by atoms with Gasteiger partial charge in [0.15, 0.2) is 0 Å². The third-order valence-corrected chi connectivity index (χ3v) is 4.47. The second kappa shape index (κ2) is 6.78. The van der Waals surface area contributed by atoms with Gasteiger partial charge in [-0.05, 0) is 24.8 Å². The molecule has 0 bridgehead atoms. The van der Waals surface area contributed by atoms with Gasteiger partial charge in [-0.1, -0.05) is 50.1 Å². The number of carbonyl (C=O) groups is 1. The van der Waals surface area contributed by atoms with Crippen molar-refractivity contribution < 1.29 is 4.79 Å². The molecule has 1 aliphatic rings. The fraction of sp³-hybridized carbons (Fsp3) is 0.588. The normalized spacial score (nSPS) is 16.3. The van der Waals surface area contributed by atoms with Crippen LogP contribution in [-0.4, -0.2) is 31.1 Å². The van der Waals surface area contributed by atoms with Gasteiger partial charge in [0.1, 0.15) is 0 Å². The summed E-state index contributed by atoms with van der Waals surface area (Å²) in [5, 5.41) is 3.12. The van der Waals surface area contributed by atoms with Gasteiger partial charge in [-0.25, -0.2) is 4.79 Å². The number of benzene rings is 1. The minimum atomic E-state index is 0.0562. The summed E-state index contributed by atoms with van der Waals surface area (Å²) in [5.74, 6) is 0. The summed E-state index contributed by atoms with van der Waals surface area (Å²) in [6.45, 7) is 3.73. The Balaban J connectivity index is 1.90. The van der Waals surface area contributed by atoms with E-state index >= 15 is 0 Å². The minimum Gasteiger partial charge on any atom is -0.337 e. The van der Waals surface area contributed by atoms with E-state index in [1.54, 1.807) is 4.90 Å². The molecular weight excluding hydrogens is 248 g/mol. The highest BCUT2D eigenvalue weighted by atomic mass is 16.2. The molecule has 1 saturated carbocycles. The lowest BCUT2D eigenvalue weighted by Gasteiger charge is -2.43. The van der Waals surface area contributed by atoms with Crippen LogP contribution in [0.25, 0.3) is 0 Å². The van der Waals surface area contributed by atoms with Crippen LogP contribution in [0.4, 0.5) is 4.79 Å². The van der Waals surface area contributed by atoms with Crippen LogP contribution >= 0.6 is 0 Å². The van der Waals surface area contributed by atoms with Crippen molar-refractivity contribution in [1.29, 1.82) is 0 Å². The fourth-order valence-electron chi connectivity index (χ4n) is 2.84. The van der Waals surface area contributed by atoms with Crippen molar-refractivity contribution >= 4 is 6.03 Å². The zero-order chi connectivity index (χ0) is 14.4. The van der Waals surface area contributed by atoms with E-state index in [1.807, 2.05) is 13.1 Å². The standard InChI is InChI=1S/C17H26N2O/c1-3-4-13-19(2)16(20)18-14-17(11-8-12-17)15-9-6-5-7-10-15/h5-7,9-10H,3-4,8,11-14H2,1-2H3,(H,18,20). The lowest BCUT2D eigenvalue weighted by molar-refractivity contribution is 0.191. The molecule has 0 radical (unpaired) electrons. The van der Waals surface area contributed by atoms with Crippen molar-refractivity contribution in [1.82, 2.24) is 10.2 Å². The molecule has 20 heavy (non-hydrogen) atoms. The molecule has 0 unspecified atom stereocenters. The Bertz CT molecular complexity index is 426. The first-order valence-corrected chi connectivity index (χ1v) is 7.72. The van der Waals surface area contributed by atoms with Crippen molar-refractivity contribution in [3.8, 4) is 0 Å². The first-order chi connectivity index (χ1) is 9.68. The van der Waals surface area contributed by atoms with Crippen molar-refractivity contribution in [3.63, 3.8) is 0 Å². The number of nitrogens with one attached hydrogen (secondary N) is 1. The maximum Gasteiger partial charge on any atom is 0.317 e. The molecule has 1 N–H and O–H groups in total. The van der Waals surface area contributed by atoms with Gasteiger partial charge in [0.25, 0.3) is 0 Å². The van der Waals surface area contributed by atoms with Crippen LogP contribution in [0.15, 0.2) is 30.3 Å². The van der Waals surface area contributed by atoms with Crippen LogP contribution in [-0.2, 0) is 5.41 Å². The number of rotatable bonds is 6. The third-order valence-electron chi connectivity index (χ3n) is 4.47. The first kappa shape index (κ1) is 14.9. The lowest BCUT2D eigenvalue weighted by atomic mass is 9.64. The molecule has 0 heterocycles. The van der Waals surface area contributed by atoms with Gasteiger partial charge >= 0.3 is 6.03 Å². The number of urea groups is 1. The second-order valence-electron chi connectivity index (χ2n) is 5.93. The molecule has 1 fully saturated rings. The summed E-state index contributed by atoms with van der Waals surface area (Å²) in [6, 6.07) is 10.7. The van der Waals surface area contributed by atoms with Crippen molar-refractivity contribution in [2.24, 2.45) is 0 Å². The number of unbranched alkanes of at least 4 members (excludes halogenated alkanes) is 1. The van der Waals surface area contributed by atoms with E-state index in [0.717, 1.165) is 25.9 Å². The highest BCUT2D eigenvalue weighted by molar-refractivity contribution is 5.74. The number of hydrogen-bond donors (Lipinski definition) is 1. The van der Waals surface area contributed by atoms with Crippen LogP contribution < -0.4 is 5.32 Å². The molecule has 110 valence electrons. The van der Waals surface area contributed by atoms with E-state index in [2.05, 4.69) is 36.5 Å². The van der Waals surface area contributed by atoms with Crippen LogP contribution in [0.2, 0.25) is 0 Å². The van der Waals surface area contributed by atoms with Gasteiger partial charge < -0.3 is 10.2 Å². The molecule has 1 aromatic rings. The fourth-order valence-corrected chi connectivity index (χ4v) is 2.84. The molecule has 1 aromatic carbocycles. The number of amides is 2. The van der Waals surface area contributed by atoms with Crippen molar-refractivity contribution in [3.05, 3.63) is 35.9 Å². The van der Waals surface area contributed by atoms with Crippen LogP contribution in [0.1, 0.15) is 44.6 Å². The maximum atomic E-state index is 12.1. The molecule has 0 spiro atoms. The molecule has 3 nitrogen and oxygen atoms in total. The van der Waals surface area contributed by atoms with Gasteiger partial charge in [-0.3, -0.25) is 0 Å². The summed E-state index contributed by atoms with van der Waals surface area (Å²) in [6.07, 6.45) is 5.79. The van der Waals surface area contributed by atoms with Crippen LogP contribution in [0.5, 0.6) is 0 Å². The van der Waals surface area contributed by atoms with Gasteiger partial charge in [0, 0.05) is 25.6 Å². The van der Waals surface area contributed by atoms with E-state index < -0.39 is 0 Å². The van der Waals surface area contributed by atoms with E-state index in [-0.39, 0.29) is 11.4 Å². The number of nitrogens with zero attached hydrogens (tertiary/aromatic N) is 1. The first-order valence-electron chi connectivity index (χ1n) is 7.72. The molecule has 2 rings (SSSR count). The largest absolute Gasteiger partial charge is 0.337 e. The monoisotopic (exact) mass is 274 g/mol. The summed E-state index contributed by atoms with van der Waals surface area (Å²) in [5.41, 5.74) is 1.53. The third kappa shape index (κ3) is 3.33. The quantitative estimate of drug-likeness (QED) is 0.845. The second-order valence-corrected chi connectivity index (χ2v) is 5.93. The molecule has 0 aromatic heterocycles. The number of hydrogen-bond acceptors (Lipinski definition) is 1. The van der Waals surface area contributed by atoms with Crippen molar-refractivity contribution in [2.45, 2.75) is 44.4 Å². The summed E-state index contributed by atoms with van der Waals surface area (Å²) < 4.78 is 0. The highest BCUT2D eigenvalue weighted by Gasteiger charge is 2.38. The highest BCUT2D eigenvalue weighted by Crippen LogP contribution is 2.43. The predicted octanol–water partition coefficient (Wildman–Crippen LogP) is 3.55. The molecule has 3 heteroatoms. The number of carbonyl (C=O) groups excluding carboxylic acids is 1. The van der Waals surface area contributed by atoms with E-state index in [0.29, 0.717) is 0 Å². The Kier molecular flexibility index (Phi) is 5.05. The van der Waals surface area contributed by atoms with Gasteiger partial charge in [0.2, 0.25) is 0 Å². The van der Waals surface area contributed by atoms with Gasteiger partial charge in [-0.2, -0.15) is 0 Å². The Morgan fingerprint density at radius 2 is 2.00 bits per heavy atom. The summed E-state index contributed by atoms with van der Waals surface area (Å²) >= 11 is 0. The maximum absolute atomic E-state index is 12.1. The average Bonchev–Trinajstić information content (AvgIpc) is 2.44. The Hall–Kier alpha value is -1.51. The van der Waals surface area contributed by atoms with Crippen LogP contribution in [0.3, 0.4) is 0 Å². The Morgan fingerprint density at radius 3 is 2.55 bits per heavy atom. The van der Waals surface area contributed by atoms with Gasteiger partial charge in [-0.15, -0.1) is 0 Å². The average molecular weight is 274 g/mol. The predicted molar refractivity (Wildman–Crippen MR) is 82.9 cm³/mol. The summed E-state index contributed by atoms with van der Waals surface area (Å²) in [7, 11) is 1.88. The van der Waals surface area contributed by atoms with Gasteiger partial charge in [0.05, 0.1) is 0 Å². The molecule has 0 atom stereocenters. The molecule has 2 amide bonds. The van der Waals surface area contributed by atoms with E-state index in [9.17, 15) is 4.79 Å². The summed E-state index contributed by atoms with van der Waals surface area (Å²) in [4.78, 5) is 13.9. The Labute approximate surface area is 122 Å². The molecule has 1 aliphatic carbocycles. The smallest absolute Gasteiger partial charge is 0.317 e. The zero-order valence-corrected chi connectivity index (χ0v) is 12.7. The molecular formula is C17H26N2O. The molecule has 0 aliphatic heterocycles. The van der Waals surface area contributed by atoms with E-state index in [4.69, 9.17) is 0 Å². The molecule has 0 saturated heterocycles. The SMILES string of the molecule is CCCCN(C)C(=O)NCC1(c2ccccc2)CCC1. The zero-order valence-electron chi connectivity index (χ0n) is 12.7. The van der Waals surface area contributed by atoms with Crippen molar-refractivity contribution in [2.75, 3.05) is 20.1 Å². The topological polar surface area (TPSA) is 32.3 Å². The van der Waals surface area contributed by atoms with E-state index in [1.165, 1.54) is 24.8 Å². The lowest BCUT2D eigenvalue weighted by Crippen LogP contribution is -2.48. The van der Waals surface area contributed by atoms with Crippen LogP contribution in [0, 0.1) is 0 Å². The minimum absolute atomic E-state index is 0.0562.